The summed E-state index contributed by atoms with van der Waals surface area (Å²) in [6.45, 7) is 1.86. The van der Waals surface area contributed by atoms with E-state index in [4.69, 9.17) is 0 Å². The summed E-state index contributed by atoms with van der Waals surface area (Å²) in [5.41, 5.74) is 2.34. The number of pyridine rings is 2. The Kier molecular flexibility index (Phi) is 3.35. The quantitative estimate of drug-likeness (QED) is 0.798. The molecule has 21 heavy (non-hydrogen) atoms. The number of carbonyl (C=O) groups is 1. The summed E-state index contributed by atoms with van der Waals surface area (Å²) in [5.74, 6) is -0.363. The second-order valence-corrected chi connectivity index (χ2v) is 4.86. The number of hydrogen-bond donors (Lipinski definition) is 1. The molecular weight excluding hydrogens is 266 g/mol. The van der Waals surface area contributed by atoms with Gasteiger partial charge in [-0.1, -0.05) is 6.07 Å². The molecule has 0 saturated carbocycles. The minimum absolute atomic E-state index is 0.0839. The molecule has 0 fully saturated rings. The molecule has 0 aliphatic rings. The number of fused-ring (bicyclic) bond motifs is 1. The van der Waals surface area contributed by atoms with Gasteiger partial charge in [-0.05, 0) is 24.6 Å². The van der Waals surface area contributed by atoms with Crippen molar-refractivity contribution in [3.8, 4) is 0 Å². The van der Waals surface area contributed by atoms with Crippen LogP contribution in [0.4, 0.5) is 5.69 Å². The van der Waals surface area contributed by atoms with Crippen LogP contribution in [0.15, 0.2) is 43.0 Å². The van der Waals surface area contributed by atoms with Crippen molar-refractivity contribution >= 4 is 22.6 Å². The van der Waals surface area contributed by atoms with Crippen molar-refractivity contribution in [3.63, 3.8) is 0 Å². The van der Waals surface area contributed by atoms with Gasteiger partial charge in [-0.2, -0.15) is 5.10 Å². The maximum Gasteiger partial charge on any atom is 0.231 e. The standard InChI is InChI=1S/C15H15N5O/c1-10(11-4-3-6-16-8-11)15(21)19-13-5-7-17-14-12(13)9-18-20(14)2/h3-10H,1-2H3,(H,17,19,21). The lowest BCUT2D eigenvalue weighted by molar-refractivity contribution is -0.117. The number of amides is 1. The molecule has 0 radical (unpaired) electrons. The predicted octanol–water partition coefficient (Wildman–Crippen LogP) is 2.11. The van der Waals surface area contributed by atoms with Crippen molar-refractivity contribution in [2.45, 2.75) is 12.8 Å². The molecule has 6 nitrogen and oxygen atoms in total. The summed E-state index contributed by atoms with van der Waals surface area (Å²) >= 11 is 0. The molecule has 1 amide bonds. The van der Waals surface area contributed by atoms with E-state index in [9.17, 15) is 4.79 Å². The third kappa shape index (κ3) is 2.47. The van der Waals surface area contributed by atoms with Crippen LogP contribution in [0.5, 0.6) is 0 Å². The molecule has 0 bridgehead atoms. The molecule has 1 unspecified atom stereocenters. The topological polar surface area (TPSA) is 72.7 Å². The summed E-state index contributed by atoms with van der Waals surface area (Å²) in [4.78, 5) is 20.7. The SMILES string of the molecule is CC(C(=O)Nc1ccnc2c1cnn2C)c1cccnc1. The van der Waals surface area contributed by atoms with Crippen molar-refractivity contribution in [1.82, 2.24) is 19.7 Å². The first-order valence-corrected chi connectivity index (χ1v) is 6.64. The highest BCUT2D eigenvalue weighted by atomic mass is 16.1. The van der Waals surface area contributed by atoms with Crippen LogP contribution >= 0.6 is 0 Å². The van der Waals surface area contributed by atoms with Gasteiger partial charge in [0.25, 0.3) is 0 Å². The molecule has 3 aromatic heterocycles. The number of carbonyl (C=O) groups excluding carboxylic acids is 1. The van der Waals surface area contributed by atoms with Gasteiger partial charge in [0.05, 0.1) is 23.2 Å². The summed E-state index contributed by atoms with van der Waals surface area (Å²) < 4.78 is 1.68. The highest BCUT2D eigenvalue weighted by molar-refractivity contribution is 6.02. The molecule has 3 rings (SSSR count). The molecule has 0 saturated heterocycles. The van der Waals surface area contributed by atoms with Gasteiger partial charge in [0.1, 0.15) is 0 Å². The van der Waals surface area contributed by atoms with Crippen LogP contribution in [-0.4, -0.2) is 25.7 Å². The normalized spacial score (nSPS) is 12.3. The fourth-order valence-corrected chi connectivity index (χ4v) is 2.18. The first-order valence-electron chi connectivity index (χ1n) is 6.64. The Morgan fingerprint density at radius 2 is 2.14 bits per heavy atom. The number of anilines is 1. The van der Waals surface area contributed by atoms with E-state index in [1.54, 1.807) is 35.5 Å². The van der Waals surface area contributed by atoms with Crippen molar-refractivity contribution in [2.75, 3.05) is 5.32 Å². The predicted molar refractivity (Wildman–Crippen MR) is 79.8 cm³/mol. The highest BCUT2D eigenvalue weighted by Crippen LogP contribution is 2.23. The van der Waals surface area contributed by atoms with Crippen LogP contribution in [0.3, 0.4) is 0 Å². The lowest BCUT2D eigenvalue weighted by Gasteiger charge is -2.12. The van der Waals surface area contributed by atoms with E-state index in [2.05, 4.69) is 20.4 Å². The van der Waals surface area contributed by atoms with E-state index >= 15 is 0 Å². The molecule has 0 aliphatic carbocycles. The number of hydrogen-bond acceptors (Lipinski definition) is 4. The van der Waals surface area contributed by atoms with Gasteiger partial charge in [0.2, 0.25) is 5.91 Å². The Morgan fingerprint density at radius 1 is 1.29 bits per heavy atom. The van der Waals surface area contributed by atoms with E-state index in [0.29, 0.717) is 5.69 Å². The van der Waals surface area contributed by atoms with E-state index in [1.165, 1.54) is 0 Å². The van der Waals surface area contributed by atoms with Crippen LogP contribution in [0.2, 0.25) is 0 Å². The summed E-state index contributed by atoms with van der Waals surface area (Å²) in [7, 11) is 1.82. The largest absolute Gasteiger partial charge is 0.325 e. The van der Waals surface area contributed by atoms with Crippen molar-refractivity contribution in [2.24, 2.45) is 7.05 Å². The van der Waals surface area contributed by atoms with Gasteiger partial charge < -0.3 is 5.32 Å². The second-order valence-electron chi connectivity index (χ2n) is 4.86. The highest BCUT2D eigenvalue weighted by Gasteiger charge is 2.17. The van der Waals surface area contributed by atoms with Gasteiger partial charge >= 0.3 is 0 Å². The van der Waals surface area contributed by atoms with E-state index in [0.717, 1.165) is 16.6 Å². The molecule has 3 heterocycles. The minimum Gasteiger partial charge on any atom is -0.325 e. The maximum atomic E-state index is 12.4. The molecule has 1 atom stereocenters. The lowest BCUT2D eigenvalue weighted by Crippen LogP contribution is -2.19. The number of aryl methyl sites for hydroxylation is 1. The first-order chi connectivity index (χ1) is 10.2. The van der Waals surface area contributed by atoms with Crippen molar-refractivity contribution < 1.29 is 4.79 Å². The zero-order chi connectivity index (χ0) is 14.8. The summed E-state index contributed by atoms with van der Waals surface area (Å²) in [5, 5.41) is 7.92. The molecule has 0 spiro atoms. The zero-order valence-corrected chi connectivity index (χ0v) is 11.8. The van der Waals surface area contributed by atoms with Gasteiger partial charge in [0, 0.05) is 25.6 Å². The van der Waals surface area contributed by atoms with Crippen LogP contribution < -0.4 is 5.32 Å². The van der Waals surface area contributed by atoms with Crippen LogP contribution in [0.25, 0.3) is 11.0 Å². The summed E-state index contributed by atoms with van der Waals surface area (Å²) in [6.07, 6.45) is 6.76. The van der Waals surface area contributed by atoms with Crippen molar-refractivity contribution in [1.29, 1.82) is 0 Å². The Balaban J connectivity index is 1.87. The smallest absolute Gasteiger partial charge is 0.231 e. The van der Waals surface area contributed by atoms with Gasteiger partial charge in [-0.15, -0.1) is 0 Å². The summed E-state index contributed by atoms with van der Waals surface area (Å²) in [6, 6.07) is 5.49. The van der Waals surface area contributed by atoms with Crippen LogP contribution in [0.1, 0.15) is 18.4 Å². The first kappa shape index (κ1) is 13.2. The minimum atomic E-state index is -0.279. The number of nitrogens with one attached hydrogen (secondary N) is 1. The van der Waals surface area contributed by atoms with Crippen LogP contribution in [0, 0.1) is 0 Å². The average molecular weight is 281 g/mol. The molecular formula is C15H15N5O. The molecule has 6 heteroatoms. The average Bonchev–Trinajstić information content (AvgIpc) is 2.90. The third-order valence-electron chi connectivity index (χ3n) is 3.47. The molecule has 0 aromatic carbocycles. The van der Waals surface area contributed by atoms with E-state index in [1.807, 2.05) is 26.1 Å². The molecule has 1 N–H and O–H groups in total. The third-order valence-corrected chi connectivity index (χ3v) is 3.47. The molecule has 3 aromatic rings. The zero-order valence-electron chi connectivity index (χ0n) is 11.8. The Labute approximate surface area is 121 Å². The van der Waals surface area contributed by atoms with Gasteiger partial charge in [0.15, 0.2) is 5.65 Å². The lowest BCUT2D eigenvalue weighted by atomic mass is 10.0. The molecule has 0 aliphatic heterocycles. The fraction of sp³-hybridized carbons (Fsp3) is 0.200. The number of nitrogens with zero attached hydrogens (tertiary/aromatic N) is 4. The number of aromatic nitrogens is 4. The second kappa shape index (κ2) is 5.32. The fourth-order valence-electron chi connectivity index (χ4n) is 2.18. The Morgan fingerprint density at radius 3 is 2.90 bits per heavy atom. The monoisotopic (exact) mass is 281 g/mol. The maximum absolute atomic E-state index is 12.4. The Hall–Kier alpha value is -2.76. The van der Waals surface area contributed by atoms with Gasteiger partial charge in [-0.3, -0.25) is 14.5 Å². The molecule has 106 valence electrons. The number of rotatable bonds is 3. The van der Waals surface area contributed by atoms with E-state index < -0.39 is 0 Å². The van der Waals surface area contributed by atoms with Crippen LogP contribution in [-0.2, 0) is 11.8 Å². The van der Waals surface area contributed by atoms with E-state index in [-0.39, 0.29) is 11.8 Å². The van der Waals surface area contributed by atoms with Crippen molar-refractivity contribution in [3.05, 3.63) is 48.5 Å². The van der Waals surface area contributed by atoms with Gasteiger partial charge in [-0.25, -0.2) is 4.98 Å². The Bertz CT molecular complexity index is 781.